The lowest BCUT2D eigenvalue weighted by Gasteiger charge is -2.32. The average molecular weight is 355 g/mol. The third-order valence-corrected chi connectivity index (χ3v) is 4.48. The summed E-state index contributed by atoms with van der Waals surface area (Å²) in [5, 5.41) is 5.69. The van der Waals surface area contributed by atoms with Gasteiger partial charge in [0.25, 0.3) is 0 Å². The van der Waals surface area contributed by atoms with E-state index in [1.165, 1.54) is 24.3 Å². The van der Waals surface area contributed by atoms with Crippen molar-refractivity contribution in [3.63, 3.8) is 0 Å². The molecule has 2 aromatic rings. The van der Waals surface area contributed by atoms with Crippen molar-refractivity contribution in [3.8, 4) is 0 Å². The van der Waals surface area contributed by atoms with Gasteiger partial charge in [0, 0.05) is 25.3 Å². The monoisotopic (exact) mass is 355 g/mol. The van der Waals surface area contributed by atoms with E-state index in [-0.39, 0.29) is 23.7 Å². The molecule has 1 aliphatic heterocycles. The molecular formula is C20H22FN3O2. The number of hydrogen-bond acceptors (Lipinski definition) is 2. The van der Waals surface area contributed by atoms with Crippen LogP contribution in [0.15, 0.2) is 54.6 Å². The first-order valence-corrected chi connectivity index (χ1v) is 8.75. The second kappa shape index (κ2) is 8.47. The Morgan fingerprint density at radius 1 is 1.08 bits per heavy atom. The van der Waals surface area contributed by atoms with Gasteiger partial charge in [0.1, 0.15) is 5.82 Å². The molecule has 1 fully saturated rings. The maximum Gasteiger partial charge on any atom is 0.321 e. The lowest BCUT2D eigenvalue weighted by Crippen LogP contribution is -2.46. The molecule has 0 bridgehead atoms. The first kappa shape index (κ1) is 17.9. The molecule has 1 atom stereocenters. The number of nitrogens with zero attached hydrogens (tertiary/aromatic N) is 1. The van der Waals surface area contributed by atoms with Crippen LogP contribution in [-0.4, -0.2) is 29.9 Å². The summed E-state index contributed by atoms with van der Waals surface area (Å²) in [6.07, 6.45) is 1.54. The zero-order valence-electron chi connectivity index (χ0n) is 14.5. The van der Waals surface area contributed by atoms with E-state index in [0.29, 0.717) is 25.3 Å². The molecule has 3 amide bonds. The van der Waals surface area contributed by atoms with Crippen LogP contribution in [0.2, 0.25) is 0 Å². The van der Waals surface area contributed by atoms with Crippen molar-refractivity contribution in [2.24, 2.45) is 5.92 Å². The van der Waals surface area contributed by atoms with E-state index in [1.807, 2.05) is 30.3 Å². The summed E-state index contributed by atoms with van der Waals surface area (Å²) in [7, 11) is 0. The summed E-state index contributed by atoms with van der Waals surface area (Å²) in [4.78, 5) is 26.5. The maximum atomic E-state index is 12.9. The summed E-state index contributed by atoms with van der Waals surface area (Å²) in [5.74, 6) is -0.601. The number of carbonyl (C=O) groups is 2. The fourth-order valence-corrected chi connectivity index (χ4v) is 3.04. The van der Waals surface area contributed by atoms with Gasteiger partial charge in [-0.3, -0.25) is 4.79 Å². The van der Waals surface area contributed by atoms with E-state index >= 15 is 0 Å². The van der Waals surface area contributed by atoms with Crippen molar-refractivity contribution in [2.75, 3.05) is 18.4 Å². The number of rotatable bonds is 4. The molecular weight excluding hydrogens is 333 g/mol. The third kappa shape index (κ3) is 4.81. The number of urea groups is 1. The minimum absolute atomic E-state index is 0.0341. The van der Waals surface area contributed by atoms with Crippen LogP contribution in [0, 0.1) is 11.7 Å². The van der Waals surface area contributed by atoms with E-state index in [4.69, 9.17) is 0 Å². The highest BCUT2D eigenvalue weighted by molar-refractivity contribution is 5.90. The number of amides is 3. The molecule has 3 rings (SSSR count). The largest absolute Gasteiger partial charge is 0.352 e. The van der Waals surface area contributed by atoms with Gasteiger partial charge in [-0.25, -0.2) is 9.18 Å². The molecule has 0 spiro atoms. The van der Waals surface area contributed by atoms with Crippen molar-refractivity contribution in [3.05, 3.63) is 66.0 Å². The number of carbonyl (C=O) groups excluding carboxylic acids is 2. The van der Waals surface area contributed by atoms with Crippen molar-refractivity contribution in [1.29, 1.82) is 0 Å². The van der Waals surface area contributed by atoms with Gasteiger partial charge in [0.15, 0.2) is 0 Å². The molecule has 5 nitrogen and oxygen atoms in total. The second-order valence-corrected chi connectivity index (χ2v) is 6.43. The van der Waals surface area contributed by atoms with Gasteiger partial charge in [-0.2, -0.15) is 0 Å². The SMILES string of the molecule is O=C(NCc1ccccc1)[C@H]1CCCN(C(=O)Nc2ccc(F)cc2)C1. The van der Waals surface area contributed by atoms with Crippen LogP contribution in [0.25, 0.3) is 0 Å². The Hall–Kier alpha value is -2.89. The van der Waals surface area contributed by atoms with Crippen LogP contribution < -0.4 is 10.6 Å². The Balaban J connectivity index is 1.52. The lowest BCUT2D eigenvalue weighted by atomic mass is 9.97. The highest BCUT2D eigenvalue weighted by atomic mass is 19.1. The van der Waals surface area contributed by atoms with Crippen molar-refractivity contribution >= 4 is 17.6 Å². The zero-order chi connectivity index (χ0) is 18.4. The standard InChI is InChI=1S/C20H22FN3O2/c21-17-8-10-18(11-9-17)23-20(26)24-12-4-7-16(14-24)19(25)22-13-15-5-2-1-3-6-15/h1-3,5-6,8-11,16H,4,7,12-14H2,(H,22,25)(H,23,26)/t16-/m0/s1. The van der Waals surface area contributed by atoms with Crippen LogP contribution in [0.1, 0.15) is 18.4 Å². The summed E-state index contributed by atoms with van der Waals surface area (Å²) >= 11 is 0. The molecule has 1 aliphatic rings. The van der Waals surface area contributed by atoms with Crippen LogP contribution in [0.5, 0.6) is 0 Å². The van der Waals surface area contributed by atoms with Crippen LogP contribution in [0.4, 0.5) is 14.9 Å². The van der Waals surface area contributed by atoms with Gasteiger partial charge in [0.05, 0.1) is 5.92 Å². The van der Waals surface area contributed by atoms with Gasteiger partial charge < -0.3 is 15.5 Å². The van der Waals surface area contributed by atoms with Crippen molar-refractivity contribution < 1.29 is 14.0 Å². The molecule has 0 saturated carbocycles. The van der Waals surface area contributed by atoms with E-state index in [2.05, 4.69) is 10.6 Å². The topological polar surface area (TPSA) is 61.4 Å². The Kier molecular flexibility index (Phi) is 5.84. The summed E-state index contributed by atoms with van der Waals surface area (Å²) in [6, 6.07) is 15.1. The molecule has 0 radical (unpaired) electrons. The number of piperidine rings is 1. The molecule has 2 aromatic carbocycles. The molecule has 136 valence electrons. The third-order valence-electron chi connectivity index (χ3n) is 4.48. The Morgan fingerprint density at radius 3 is 2.54 bits per heavy atom. The molecule has 6 heteroatoms. The fourth-order valence-electron chi connectivity index (χ4n) is 3.04. The minimum Gasteiger partial charge on any atom is -0.352 e. The van der Waals surface area contributed by atoms with E-state index in [1.54, 1.807) is 4.90 Å². The highest BCUT2D eigenvalue weighted by Gasteiger charge is 2.28. The summed E-state index contributed by atoms with van der Waals surface area (Å²) < 4.78 is 12.9. The first-order chi connectivity index (χ1) is 12.6. The average Bonchev–Trinajstić information content (AvgIpc) is 2.69. The lowest BCUT2D eigenvalue weighted by molar-refractivity contribution is -0.126. The van der Waals surface area contributed by atoms with Gasteiger partial charge in [-0.05, 0) is 42.7 Å². The van der Waals surface area contributed by atoms with Gasteiger partial charge in [-0.1, -0.05) is 30.3 Å². The number of anilines is 1. The summed E-state index contributed by atoms with van der Waals surface area (Å²) in [6.45, 7) is 1.47. The van der Waals surface area contributed by atoms with Crippen LogP contribution >= 0.6 is 0 Å². The second-order valence-electron chi connectivity index (χ2n) is 6.43. The number of hydrogen-bond donors (Lipinski definition) is 2. The van der Waals surface area contributed by atoms with Gasteiger partial charge in [-0.15, -0.1) is 0 Å². The highest BCUT2D eigenvalue weighted by Crippen LogP contribution is 2.18. The predicted octanol–water partition coefficient (Wildman–Crippen LogP) is 3.39. The maximum absolute atomic E-state index is 12.9. The Morgan fingerprint density at radius 2 is 1.81 bits per heavy atom. The molecule has 26 heavy (non-hydrogen) atoms. The van der Waals surface area contributed by atoms with Gasteiger partial charge in [0.2, 0.25) is 5.91 Å². The molecule has 1 heterocycles. The normalized spacial score (nSPS) is 16.8. The quantitative estimate of drug-likeness (QED) is 0.883. The van der Waals surface area contributed by atoms with Crippen LogP contribution in [0.3, 0.4) is 0 Å². The number of nitrogens with one attached hydrogen (secondary N) is 2. The summed E-state index contributed by atoms with van der Waals surface area (Å²) in [5.41, 5.74) is 1.58. The van der Waals surface area contributed by atoms with Crippen LogP contribution in [-0.2, 0) is 11.3 Å². The van der Waals surface area contributed by atoms with E-state index in [0.717, 1.165) is 18.4 Å². The molecule has 0 aliphatic carbocycles. The molecule has 0 unspecified atom stereocenters. The Labute approximate surface area is 152 Å². The Bertz CT molecular complexity index is 749. The number of likely N-dealkylation sites (tertiary alicyclic amines) is 1. The van der Waals surface area contributed by atoms with E-state index in [9.17, 15) is 14.0 Å². The molecule has 2 N–H and O–H groups in total. The molecule has 1 saturated heterocycles. The number of benzene rings is 2. The smallest absolute Gasteiger partial charge is 0.321 e. The van der Waals surface area contributed by atoms with E-state index < -0.39 is 0 Å². The first-order valence-electron chi connectivity index (χ1n) is 8.75. The minimum atomic E-state index is -0.351. The molecule has 0 aromatic heterocycles. The zero-order valence-corrected chi connectivity index (χ0v) is 14.5. The fraction of sp³-hybridized carbons (Fsp3) is 0.300. The van der Waals surface area contributed by atoms with Gasteiger partial charge >= 0.3 is 6.03 Å². The van der Waals surface area contributed by atoms with Crippen molar-refractivity contribution in [1.82, 2.24) is 10.2 Å². The predicted molar refractivity (Wildman–Crippen MR) is 98.0 cm³/mol. The van der Waals surface area contributed by atoms with Crippen molar-refractivity contribution in [2.45, 2.75) is 19.4 Å². The number of halogens is 1.